The molecule has 1 aliphatic rings. The highest BCUT2D eigenvalue weighted by molar-refractivity contribution is 6.30. The Kier molecular flexibility index (Phi) is 8.32. The van der Waals surface area contributed by atoms with Gasteiger partial charge >= 0.3 is 47.6 Å². The number of carbonyl (C=O) groups is 1. The van der Waals surface area contributed by atoms with Gasteiger partial charge in [-0.1, -0.05) is 17.7 Å². The normalized spacial score (nSPS) is 17.4. The molecule has 2 rings (SSSR count). The molecule has 1 heterocycles. The number of rotatable bonds is 8. The first-order chi connectivity index (χ1) is 17.6. The lowest BCUT2D eigenvalue weighted by Crippen LogP contribution is -2.75. The molecule has 1 fully saturated rings. The smallest absolute Gasteiger partial charge is 0.368 e. The number of hydrogen-bond acceptors (Lipinski definition) is 2. The van der Waals surface area contributed by atoms with E-state index in [9.17, 15) is 79.4 Å². The van der Waals surface area contributed by atoms with Gasteiger partial charge in [0.1, 0.15) is 0 Å². The van der Waals surface area contributed by atoms with Crippen molar-refractivity contribution in [1.82, 2.24) is 4.90 Å². The van der Waals surface area contributed by atoms with Crippen molar-refractivity contribution in [1.29, 1.82) is 0 Å². The van der Waals surface area contributed by atoms with Gasteiger partial charge in [-0.2, -0.15) is 74.6 Å². The molecule has 0 bridgehead atoms. The van der Waals surface area contributed by atoms with E-state index in [0.29, 0.717) is 0 Å². The van der Waals surface area contributed by atoms with Crippen LogP contribution in [0.4, 0.5) is 80.3 Å². The molecule has 0 saturated carbocycles. The zero-order valence-corrected chi connectivity index (χ0v) is 19.5. The number of hydrogen-bond donors (Lipinski definition) is 0. The number of amides is 1. The predicted molar refractivity (Wildman–Crippen MR) is 101 cm³/mol. The van der Waals surface area contributed by atoms with Gasteiger partial charge in [0.15, 0.2) is 0 Å². The monoisotopic (exact) mass is 642 g/mol. The molecule has 230 valence electrons. The molecule has 0 aromatic heterocycles. The summed E-state index contributed by atoms with van der Waals surface area (Å²) in [7, 11) is 0. The topological polar surface area (TPSA) is 23.6 Å². The van der Waals surface area contributed by atoms with E-state index in [-0.39, 0.29) is 15.6 Å². The fraction of sp³-hybridized carbons (Fsp3) is 0.632. The van der Waals surface area contributed by atoms with E-state index in [1.807, 2.05) is 0 Å². The van der Waals surface area contributed by atoms with E-state index in [2.05, 4.69) is 0 Å². The van der Waals surface area contributed by atoms with Gasteiger partial charge in [-0.25, -0.2) is 0 Å². The van der Waals surface area contributed by atoms with Crippen molar-refractivity contribution in [3.8, 4) is 0 Å². The van der Waals surface area contributed by atoms with Crippen LogP contribution in [0.3, 0.4) is 0 Å². The number of nitrogens with zero attached hydrogens (tertiary/aromatic N) is 2. The molecule has 21 heteroatoms. The summed E-state index contributed by atoms with van der Waals surface area (Å²) < 4.78 is 228. The largest absolute Gasteiger partial charge is 0.460 e. The Labute approximate surface area is 216 Å². The lowest BCUT2D eigenvalue weighted by atomic mass is 9.88. The van der Waals surface area contributed by atoms with Crippen molar-refractivity contribution in [2.75, 3.05) is 31.1 Å². The maximum Gasteiger partial charge on any atom is 0.460 e. The van der Waals surface area contributed by atoms with Crippen molar-refractivity contribution >= 4 is 23.2 Å². The number of piperazine rings is 1. The SMILES string of the molecule is O=C(N1CCN(c2cccc(Cl)c2)CC1)C(F)(F)C(F)(F)C(F)(F)C(F)(F)C(F)(F)C(F)(F)C(F)(F)C(F)(F)F. The van der Waals surface area contributed by atoms with Crippen LogP contribution in [-0.2, 0) is 4.79 Å². The van der Waals surface area contributed by atoms with Crippen LogP contribution in [0.15, 0.2) is 24.3 Å². The van der Waals surface area contributed by atoms with Gasteiger partial charge in [0, 0.05) is 36.9 Å². The van der Waals surface area contributed by atoms with Crippen molar-refractivity contribution in [2.24, 2.45) is 0 Å². The predicted octanol–water partition coefficient (Wildman–Crippen LogP) is 7.00. The van der Waals surface area contributed by atoms with Crippen molar-refractivity contribution < 1.29 is 79.4 Å². The number of alkyl halides is 17. The van der Waals surface area contributed by atoms with Gasteiger partial charge in [-0.3, -0.25) is 4.79 Å². The summed E-state index contributed by atoms with van der Waals surface area (Å²) in [6.07, 6.45) is -7.83. The number of carbonyl (C=O) groups excluding carboxylic acids is 1. The molecular formula is C19H12ClF17N2O. The second kappa shape index (κ2) is 9.85. The molecule has 1 amide bonds. The van der Waals surface area contributed by atoms with Crippen LogP contribution in [0.2, 0.25) is 5.02 Å². The molecule has 1 saturated heterocycles. The summed E-state index contributed by atoms with van der Waals surface area (Å²) in [4.78, 5) is 12.9. The zero-order chi connectivity index (χ0) is 31.5. The Morgan fingerprint density at radius 3 is 1.40 bits per heavy atom. The molecular weight excluding hydrogens is 631 g/mol. The molecule has 40 heavy (non-hydrogen) atoms. The average Bonchev–Trinajstić information content (AvgIpc) is 2.82. The third kappa shape index (κ3) is 4.76. The Balaban J connectivity index is 2.40. The maximum atomic E-state index is 14.2. The third-order valence-corrected chi connectivity index (χ3v) is 5.97. The minimum atomic E-state index is -8.74. The minimum Gasteiger partial charge on any atom is -0.368 e. The molecule has 0 atom stereocenters. The lowest BCUT2D eigenvalue weighted by molar-refractivity contribution is -0.459. The van der Waals surface area contributed by atoms with Crippen molar-refractivity contribution in [2.45, 2.75) is 47.6 Å². The molecule has 0 aliphatic carbocycles. The van der Waals surface area contributed by atoms with Crippen LogP contribution in [0.1, 0.15) is 0 Å². The van der Waals surface area contributed by atoms with Gasteiger partial charge in [0.2, 0.25) is 0 Å². The lowest BCUT2D eigenvalue weighted by Gasteiger charge is -2.43. The van der Waals surface area contributed by atoms with Crippen molar-refractivity contribution in [3.63, 3.8) is 0 Å². The fourth-order valence-electron chi connectivity index (χ4n) is 3.34. The van der Waals surface area contributed by atoms with E-state index < -0.39 is 79.7 Å². The second-order valence-corrected chi connectivity index (χ2v) is 8.71. The summed E-state index contributed by atoms with van der Waals surface area (Å²) in [5.41, 5.74) is 0.279. The number of benzene rings is 1. The molecule has 0 unspecified atom stereocenters. The highest BCUT2D eigenvalue weighted by Gasteiger charge is 2.95. The fourth-order valence-corrected chi connectivity index (χ4v) is 3.52. The van der Waals surface area contributed by atoms with Crippen LogP contribution >= 0.6 is 11.6 Å². The summed E-state index contributed by atoms with van der Waals surface area (Å²) in [5.74, 6) is -61.4. The van der Waals surface area contributed by atoms with Gasteiger partial charge in [0.25, 0.3) is 5.91 Å². The molecule has 3 nitrogen and oxygen atoms in total. The summed E-state index contributed by atoms with van der Waals surface area (Å²) in [5, 5.41) is 0.153. The van der Waals surface area contributed by atoms with Crippen molar-refractivity contribution in [3.05, 3.63) is 29.3 Å². The molecule has 0 N–H and O–H groups in total. The van der Waals surface area contributed by atoms with Crippen LogP contribution in [0.5, 0.6) is 0 Å². The van der Waals surface area contributed by atoms with Gasteiger partial charge in [-0.15, -0.1) is 0 Å². The third-order valence-electron chi connectivity index (χ3n) is 5.73. The molecule has 1 aromatic carbocycles. The van der Waals surface area contributed by atoms with Gasteiger partial charge in [0.05, 0.1) is 0 Å². The van der Waals surface area contributed by atoms with E-state index in [4.69, 9.17) is 11.6 Å². The Morgan fingerprint density at radius 1 is 0.600 bits per heavy atom. The van der Waals surface area contributed by atoms with Gasteiger partial charge in [-0.05, 0) is 18.2 Å². The highest BCUT2D eigenvalue weighted by atomic mass is 35.5. The molecule has 1 aromatic rings. The molecule has 1 aliphatic heterocycles. The highest BCUT2D eigenvalue weighted by Crippen LogP contribution is 2.64. The van der Waals surface area contributed by atoms with Gasteiger partial charge < -0.3 is 9.80 Å². The minimum absolute atomic E-state index is 0.153. The Hall–Kier alpha value is -2.41. The van der Waals surface area contributed by atoms with E-state index in [1.165, 1.54) is 29.2 Å². The summed E-state index contributed by atoms with van der Waals surface area (Å²) >= 11 is 5.74. The Morgan fingerprint density at radius 2 is 1.00 bits per heavy atom. The Bertz CT molecular complexity index is 1100. The van der Waals surface area contributed by atoms with Crippen LogP contribution in [0, 0.1) is 0 Å². The maximum absolute atomic E-state index is 14.2. The zero-order valence-electron chi connectivity index (χ0n) is 18.7. The first-order valence-corrected chi connectivity index (χ1v) is 10.5. The van der Waals surface area contributed by atoms with Crippen LogP contribution in [-0.4, -0.2) is 84.6 Å². The molecule has 0 spiro atoms. The summed E-state index contributed by atoms with van der Waals surface area (Å²) in [6.45, 7) is -3.02. The standard InChI is InChI=1S/C19H12ClF17N2O/c20-9-2-1-3-10(8-9)38-4-6-39(7-5-38)11(40)12(21,22)13(23,24)14(25,26)15(27,28)16(29,30)17(31,32)18(33,34)19(35,36)37/h1-3,8H,4-7H2. The van der Waals surface area contributed by atoms with E-state index in [0.717, 1.165) is 0 Å². The number of anilines is 1. The average molecular weight is 643 g/mol. The quantitative estimate of drug-likeness (QED) is 0.286. The van der Waals surface area contributed by atoms with E-state index >= 15 is 0 Å². The second-order valence-electron chi connectivity index (χ2n) is 8.28. The van der Waals surface area contributed by atoms with Crippen LogP contribution in [0.25, 0.3) is 0 Å². The summed E-state index contributed by atoms with van der Waals surface area (Å²) in [6, 6.07) is 5.50. The first kappa shape index (κ1) is 33.8. The number of halogens is 18. The van der Waals surface area contributed by atoms with Crippen LogP contribution < -0.4 is 4.90 Å². The first-order valence-electron chi connectivity index (χ1n) is 10.1. The molecule has 0 radical (unpaired) electrons. The van der Waals surface area contributed by atoms with E-state index in [1.54, 1.807) is 0 Å².